The van der Waals surface area contributed by atoms with Crippen molar-refractivity contribution in [1.29, 1.82) is 0 Å². The summed E-state index contributed by atoms with van der Waals surface area (Å²) in [7, 11) is 0. The van der Waals surface area contributed by atoms with Crippen molar-refractivity contribution in [2.24, 2.45) is 0 Å². The van der Waals surface area contributed by atoms with Crippen LogP contribution in [-0.4, -0.2) is 25.1 Å². The lowest BCUT2D eigenvalue weighted by atomic mass is 10.3. The summed E-state index contributed by atoms with van der Waals surface area (Å²) in [5.74, 6) is -0.636. The summed E-state index contributed by atoms with van der Waals surface area (Å²) in [5, 5.41) is 3.05. The van der Waals surface area contributed by atoms with Crippen LogP contribution in [0.25, 0.3) is 0 Å². The summed E-state index contributed by atoms with van der Waals surface area (Å²) in [6.45, 7) is -0.727. The summed E-state index contributed by atoms with van der Waals surface area (Å²) in [5.41, 5.74) is 0.348. The number of ether oxygens (including phenoxy) is 2. The van der Waals surface area contributed by atoms with Crippen LogP contribution in [0.5, 0.6) is 5.75 Å². The lowest BCUT2D eigenvalue weighted by molar-refractivity contribution is -0.149. The third kappa shape index (κ3) is 5.47. The van der Waals surface area contributed by atoms with Gasteiger partial charge in [0.15, 0.2) is 13.2 Å². The molecule has 0 radical (unpaired) electrons. The molecule has 1 N–H and O–H groups in total. The first-order valence-corrected chi connectivity index (χ1v) is 7.39. The predicted molar refractivity (Wildman–Crippen MR) is 88.0 cm³/mol. The van der Waals surface area contributed by atoms with Crippen molar-refractivity contribution in [3.8, 4) is 5.75 Å². The van der Waals surface area contributed by atoms with Gasteiger partial charge in [-0.1, -0.05) is 47.5 Å². The predicted octanol–water partition coefficient (Wildman–Crippen LogP) is 3.55. The Labute approximate surface area is 143 Å². The zero-order valence-corrected chi connectivity index (χ0v) is 13.4. The van der Waals surface area contributed by atoms with Crippen molar-refractivity contribution in [1.82, 2.24) is 0 Å². The van der Waals surface area contributed by atoms with Gasteiger partial charge in [0, 0.05) is 0 Å². The summed E-state index contributed by atoms with van der Waals surface area (Å²) in [6, 6.07) is 13.6. The standard InChI is InChI=1S/C16H13Cl2NO4/c17-12-7-4-8-13(16(12)18)19-14(20)9-23-15(21)10-22-11-5-2-1-3-6-11/h1-8H,9-10H2,(H,19,20). The minimum Gasteiger partial charge on any atom is -0.482 e. The van der Waals surface area contributed by atoms with Gasteiger partial charge < -0.3 is 14.8 Å². The lowest BCUT2D eigenvalue weighted by Crippen LogP contribution is -2.23. The first-order valence-electron chi connectivity index (χ1n) is 6.63. The Balaban J connectivity index is 1.75. The molecule has 0 bridgehead atoms. The second kappa shape index (κ2) is 8.41. The van der Waals surface area contributed by atoms with E-state index in [1.54, 1.807) is 42.5 Å². The number of nitrogens with one attached hydrogen (secondary N) is 1. The van der Waals surface area contributed by atoms with Gasteiger partial charge in [0.25, 0.3) is 5.91 Å². The van der Waals surface area contributed by atoms with E-state index in [9.17, 15) is 9.59 Å². The Morgan fingerprint density at radius 2 is 1.70 bits per heavy atom. The van der Waals surface area contributed by atoms with Gasteiger partial charge in [-0.2, -0.15) is 0 Å². The Kier molecular flexibility index (Phi) is 6.26. The van der Waals surface area contributed by atoms with Gasteiger partial charge in [-0.3, -0.25) is 4.79 Å². The van der Waals surface area contributed by atoms with Crippen LogP contribution in [0.2, 0.25) is 10.0 Å². The van der Waals surface area contributed by atoms with Crippen molar-refractivity contribution in [3.05, 3.63) is 58.6 Å². The molecule has 0 aliphatic rings. The first kappa shape index (κ1) is 17.1. The van der Waals surface area contributed by atoms with E-state index in [-0.39, 0.29) is 11.6 Å². The van der Waals surface area contributed by atoms with E-state index >= 15 is 0 Å². The first-order chi connectivity index (χ1) is 11.1. The zero-order valence-electron chi connectivity index (χ0n) is 11.9. The van der Waals surface area contributed by atoms with Gasteiger partial charge in [0.1, 0.15) is 5.75 Å². The van der Waals surface area contributed by atoms with E-state index in [4.69, 9.17) is 32.7 Å². The molecule has 0 aliphatic heterocycles. The second-order valence-electron chi connectivity index (χ2n) is 4.41. The number of anilines is 1. The van der Waals surface area contributed by atoms with E-state index in [0.29, 0.717) is 16.5 Å². The lowest BCUT2D eigenvalue weighted by Gasteiger charge is -2.09. The molecule has 0 aromatic heterocycles. The SMILES string of the molecule is O=C(COC(=O)COc1ccccc1)Nc1cccc(Cl)c1Cl. The van der Waals surface area contributed by atoms with Crippen LogP contribution in [0.15, 0.2) is 48.5 Å². The van der Waals surface area contributed by atoms with Gasteiger partial charge in [-0.25, -0.2) is 4.79 Å². The normalized spacial score (nSPS) is 10.0. The molecular formula is C16H13Cl2NO4. The highest BCUT2D eigenvalue weighted by atomic mass is 35.5. The molecule has 0 heterocycles. The summed E-state index contributed by atoms with van der Waals surface area (Å²) >= 11 is 11.8. The maximum atomic E-state index is 11.7. The molecule has 0 spiro atoms. The molecule has 23 heavy (non-hydrogen) atoms. The van der Waals surface area contributed by atoms with Crippen LogP contribution in [0.3, 0.4) is 0 Å². The molecule has 0 atom stereocenters. The smallest absolute Gasteiger partial charge is 0.344 e. The average Bonchev–Trinajstić information content (AvgIpc) is 2.56. The molecule has 2 aromatic carbocycles. The third-order valence-corrected chi connectivity index (χ3v) is 3.51. The molecular weight excluding hydrogens is 341 g/mol. The van der Waals surface area contributed by atoms with E-state index in [1.165, 1.54) is 0 Å². The molecule has 7 heteroatoms. The van der Waals surface area contributed by atoms with Gasteiger partial charge in [0.05, 0.1) is 15.7 Å². The molecule has 0 unspecified atom stereocenters. The Morgan fingerprint density at radius 1 is 0.957 bits per heavy atom. The van der Waals surface area contributed by atoms with Crippen LogP contribution in [0.4, 0.5) is 5.69 Å². The fraction of sp³-hybridized carbons (Fsp3) is 0.125. The molecule has 0 fully saturated rings. The number of carbonyl (C=O) groups excluding carboxylic acids is 2. The minimum atomic E-state index is -0.652. The number of halogens is 2. The Bertz CT molecular complexity index is 692. The maximum Gasteiger partial charge on any atom is 0.344 e. The van der Waals surface area contributed by atoms with Crippen molar-refractivity contribution in [2.75, 3.05) is 18.5 Å². The fourth-order valence-corrected chi connectivity index (χ4v) is 1.98. The number of benzene rings is 2. The highest BCUT2D eigenvalue weighted by Gasteiger charge is 2.11. The second-order valence-corrected chi connectivity index (χ2v) is 5.20. The van der Waals surface area contributed by atoms with Gasteiger partial charge in [-0.05, 0) is 24.3 Å². The molecule has 2 aromatic rings. The quantitative estimate of drug-likeness (QED) is 0.806. The van der Waals surface area contributed by atoms with Crippen LogP contribution < -0.4 is 10.1 Å². The van der Waals surface area contributed by atoms with Gasteiger partial charge >= 0.3 is 5.97 Å². The summed E-state index contributed by atoms with van der Waals surface area (Å²) in [6.07, 6.45) is 0. The number of para-hydroxylation sites is 1. The largest absolute Gasteiger partial charge is 0.482 e. The van der Waals surface area contributed by atoms with Crippen molar-refractivity contribution in [3.63, 3.8) is 0 Å². The van der Waals surface area contributed by atoms with Crippen LogP contribution in [0.1, 0.15) is 0 Å². The maximum absolute atomic E-state index is 11.7. The fourth-order valence-electron chi connectivity index (χ4n) is 1.63. The molecule has 2 rings (SSSR count). The van der Waals surface area contributed by atoms with Crippen molar-refractivity contribution >= 4 is 40.8 Å². The van der Waals surface area contributed by atoms with E-state index in [0.717, 1.165) is 0 Å². The number of hydrogen-bond donors (Lipinski definition) is 1. The van der Waals surface area contributed by atoms with Crippen LogP contribution in [0, 0.1) is 0 Å². The topological polar surface area (TPSA) is 64.6 Å². The van der Waals surface area contributed by atoms with E-state index in [2.05, 4.69) is 5.32 Å². The molecule has 120 valence electrons. The number of esters is 1. The number of amides is 1. The van der Waals surface area contributed by atoms with Gasteiger partial charge in [-0.15, -0.1) is 0 Å². The third-order valence-electron chi connectivity index (χ3n) is 2.69. The zero-order chi connectivity index (χ0) is 16.7. The van der Waals surface area contributed by atoms with Gasteiger partial charge in [0.2, 0.25) is 0 Å². The highest BCUT2D eigenvalue weighted by molar-refractivity contribution is 6.43. The molecule has 1 amide bonds. The van der Waals surface area contributed by atoms with E-state index < -0.39 is 18.5 Å². The average molecular weight is 354 g/mol. The molecule has 0 saturated heterocycles. The Hall–Kier alpha value is -2.24. The summed E-state index contributed by atoms with van der Waals surface area (Å²) in [4.78, 5) is 23.2. The van der Waals surface area contributed by atoms with Crippen molar-refractivity contribution < 1.29 is 19.1 Å². The Morgan fingerprint density at radius 3 is 2.43 bits per heavy atom. The minimum absolute atomic E-state index is 0.223. The monoisotopic (exact) mass is 353 g/mol. The molecule has 0 saturated carbocycles. The summed E-state index contributed by atoms with van der Waals surface area (Å²) < 4.78 is 10.0. The van der Waals surface area contributed by atoms with Crippen molar-refractivity contribution in [2.45, 2.75) is 0 Å². The number of rotatable bonds is 6. The van der Waals surface area contributed by atoms with E-state index in [1.807, 2.05) is 6.07 Å². The molecule has 5 nitrogen and oxygen atoms in total. The van der Waals surface area contributed by atoms with Crippen LogP contribution in [-0.2, 0) is 14.3 Å². The number of hydrogen-bond acceptors (Lipinski definition) is 4. The molecule has 0 aliphatic carbocycles. The number of carbonyl (C=O) groups is 2. The van der Waals surface area contributed by atoms with Crippen LogP contribution >= 0.6 is 23.2 Å². The highest BCUT2D eigenvalue weighted by Crippen LogP contribution is 2.29.